The van der Waals surface area contributed by atoms with Crippen molar-refractivity contribution in [3.8, 4) is 5.75 Å². The highest BCUT2D eigenvalue weighted by molar-refractivity contribution is 5.55. The molecule has 1 heterocycles. The van der Waals surface area contributed by atoms with Gasteiger partial charge in [-0.3, -0.25) is 0 Å². The fraction of sp³-hybridized carbons (Fsp3) is 0.250. The van der Waals surface area contributed by atoms with Gasteiger partial charge < -0.3 is 4.74 Å². The van der Waals surface area contributed by atoms with Crippen molar-refractivity contribution in [2.45, 2.75) is 39.5 Å². The quantitative estimate of drug-likeness (QED) is 0.449. The molecule has 4 heteroatoms. The Kier molecular flexibility index (Phi) is 6.90. The van der Waals surface area contributed by atoms with Gasteiger partial charge in [0.2, 0.25) is 5.82 Å². The van der Waals surface area contributed by atoms with Crippen LogP contribution in [0.5, 0.6) is 5.75 Å². The normalized spacial score (nSPS) is 15.2. The molecule has 0 atom stereocenters. The van der Waals surface area contributed by atoms with Gasteiger partial charge in [0.1, 0.15) is 0 Å². The first kappa shape index (κ1) is 21.5. The Morgan fingerprint density at radius 3 is 2.43 bits per heavy atom. The van der Waals surface area contributed by atoms with Crippen molar-refractivity contribution < 1.29 is 17.9 Å². The molecule has 1 aliphatic rings. The van der Waals surface area contributed by atoms with Crippen LogP contribution in [0, 0.1) is 11.6 Å². The Balaban J connectivity index is 2.39. The predicted molar refractivity (Wildman–Crippen MR) is 109 cm³/mol. The number of hydrogen-bond acceptors (Lipinski definition) is 1. The van der Waals surface area contributed by atoms with Crippen LogP contribution in [0.3, 0.4) is 0 Å². The van der Waals surface area contributed by atoms with Gasteiger partial charge in [0, 0.05) is 17.6 Å². The van der Waals surface area contributed by atoms with Crippen LogP contribution >= 0.6 is 0 Å². The minimum Gasteiger partial charge on any atom is -0.450 e. The minimum atomic E-state index is -1.11. The van der Waals surface area contributed by atoms with E-state index in [0.29, 0.717) is 29.6 Å². The minimum absolute atomic E-state index is 0.0109. The zero-order valence-corrected chi connectivity index (χ0v) is 16.4. The van der Waals surface area contributed by atoms with Crippen molar-refractivity contribution >= 4 is 0 Å². The van der Waals surface area contributed by atoms with E-state index in [1.54, 1.807) is 18.2 Å². The van der Waals surface area contributed by atoms with Crippen molar-refractivity contribution in [1.82, 2.24) is 0 Å². The molecule has 1 aromatic carbocycles. The summed E-state index contributed by atoms with van der Waals surface area (Å²) in [5, 5.41) is 0. The molecule has 0 saturated carbocycles. The largest absolute Gasteiger partial charge is 0.450 e. The Bertz CT molecular complexity index is 916. The van der Waals surface area contributed by atoms with Gasteiger partial charge in [0.15, 0.2) is 23.2 Å². The maximum atomic E-state index is 15.0. The van der Waals surface area contributed by atoms with Gasteiger partial charge in [-0.1, -0.05) is 64.3 Å². The number of aryl methyl sites for hydroxylation is 1. The maximum absolute atomic E-state index is 15.0. The van der Waals surface area contributed by atoms with E-state index in [9.17, 15) is 13.2 Å². The first-order valence-corrected chi connectivity index (χ1v) is 9.21. The van der Waals surface area contributed by atoms with Gasteiger partial charge in [-0.25, -0.2) is 8.78 Å². The lowest BCUT2D eigenvalue weighted by Crippen LogP contribution is -2.15. The predicted octanol–water partition coefficient (Wildman–Crippen LogP) is 7.22. The monoisotopic (exact) mass is 386 g/mol. The highest BCUT2D eigenvalue weighted by Crippen LogP contribution is 2.39. The molecule has 28 heavy (non-hydrogen) atoms. The fourth-order valence-electron chi connectivity index (χ4n) is 2.81. The summed E-state index contributed by atoms with van der Waals surface area (Å²) < 4.78 is 49.2. The SMILES string of the molecule is C=C(/C=C\C(=C)C(=C)/C(F)=C1/Oc2c(cc(CCC)c(F)c2F)CC1=C)CC. The van der Waals surface area contributed by atoms with Crippen molar-refractivity contribution in [3.05, 3.63) is 101 Å². The average molecular weight is 386 g/mol. The summed E-state index contributed by atoms with van der Waals surface area (Å²) in [6.45, 7) is 19.0. The number of allylic oxidation sites excluding steroid dienone is 7. The molecule has 148 valence electrons. The summed E-state index contributed by atoms with van der Waals surface area (Å²) in [5.41, 5.74) is 2.23. The van der Waals surface area contributed by atoms with Gasteiger partial charge in [-0.15, -0.1) is 0 Å². The van der Waals surface area contributed by atoms with Crippen molar-refractivity contribution in [1.29, 1.82) is 0 Å². The second kappa shape index (κ2) is 8.96. The molecular formula is C24H25F3O. The van der Waals surface area contributed by atoms with Gasteiger partial charge in [-0.05, 0) is 35.6 Å². The average Bonchev–Trinajstić information content (AvgIpc) is 2.68. The van der Waals surface area contributed by atoms with E-state index in [1.165, 1.54) is 0 Å². The third-order valence-electron chi connectivity index (χ3n) is 4.59. The smallest absolute Gasteiger partial charge is 0.201 e. The molecular weight excluding hydrogens is 361 g/mol. The van der Waals surface area contributed by atoms with E-state index in [2.05, 4.69) is 26.3 Å². The Morgan fingerprint density at radius 2 is 1.82 bits per heavy atom. The van der Waals surface area contributed by atoms with Crippen LogP contribution in [-0.2, 0) is 12.8 Å². The summed E-state index contributed by atoms with van der Waals surface area (Å²) in [6, 6.07) is 1.56. The van der Waals surface area contributed by atoms with Gasteiger partial charge >= 0.3 is 0 Å². The molecule has 0 spiro atoms. The molecule has 1 nitrogen and oxygen atoms in total. The van der Waals surface area contributed by atoms with Crippen LogP contribution in [0.4, 0.5) is 13.2 Å². The summed E-state index contributed by atoms with van der Waals surface area (Å²) in [6.07, 6.45) is 5.32. The van der Waals surface area contributed by atoms with Crippen LogP contribution in [0.1, 0.15) is 37.8 Å². The summed E-state index contributed by atoms with van der Waals surface area (Å²) in [7, 11) is 0. The highest BCUT2D eigenvalue weighted by atomic mass is 19.2. The van der Waals surface area contributed by atoms with Crippen molar-refractivity contribution in [2.75, 3.05) is 0 Å². The lowest BCUT2D eigenvalue weighted by molar-refractivity contribution is 0.354. The van der Waals surface area contributed by atoms with E-state index < -0.39 is 17.5 Å². The van der Waals surface area contributed by atoms with Crippen molar-refractivity contribution in [3.63, 3.8) is 0 Å². The summed E-state index contributed by atoms with van der Waals surface area (Å²) >= 11 is 0. The van der Waals surface area contributed by atoms with Gasteiger partial charge in [0.05, 0.1) is 0 Å². The number of halogens is 3. The third kappa shape index (κ3) is 4.38. The van der Waals surface area contributed by atoms with Crippen LogP contribution in [0.2, 0.25) is 0 Å². The van der Waals surface area contributed by atoms with E-state index in [1.807, 2.05) is 13.8 Å². The first-order chi connectivity index (χ1) is 13.2. The number of rotatable bonds is 7. The van der Waals surface area contributed by atoms with Crippen molar-refractivity contribution in [2.24, 2.45) is 0 Å². The number of hydrogen-bond donors (Lipinski definition) is 0. The topological polar surface area (TPSA) is 9.23 Å². The highest BCUT2D eigenvalue weighted by Gasteiger charge is 2.29. The standard InChI is InChI=1S/C24H25F3O/c1-7-9-18-13-19-12-16(5)23(28-24(19)22(27)21(18)26)20(25)17(6)15(4)11-10-14(3)8-2/h10-11,13H,3-9,12H2,1-2H3/b11-10-,23-20-. The zero-order valence-electron chi connectivity index (χ0n) is 16.4. The Morgan fingerprint density at radius 1 is 1.14 bits per heavy atom. The van der Waals surface area contributed by atoms with E-state index in [-0.39, 0.29) is 29.1 Å². The fourth-order valence-corrected chi connectivity index (χ4v) is 2.81. The van der Waals surface area contributed by atoms with E-state index in [0.717, 1.165) is 12.0 Å². The number of fused-ring (bicyclic) bond motifs is 1. The molecule has 0 aliphatic carbocycles. The van der Waals surface area contributed by atoms with Crippen LogP contribution in [-0.4, -0.2) is 0 Å². The molecule has 0 saturated heterocycles. The third-order valence-corrected chi connectivity index (χ3v) is 4.59. The first-order valence-electron chi connectivity index (χ1n) is 9.21. The van der Waals surface area contributed by atoms with E-state index >= 15 is 0 Å². The molecule has 0 bridgehead atoms. The molecule has 1 aliphatic heterocycles. The van der Waals surface area contributed by atoms with Crippen LogP contribution in [0.25, 0.3) is 0 Å². The molecule has 0 aromatic heterocycles. The lowest BCUT2D eigenvalue weighted by Gasteiger charge is -2.24. The van der Waals surface area contributed by atoms with Gasteiger partial charge in [-0.2, -0.15) is 4.39 Å². The van der Waals surface area contributed by atoms with Crippen LogP contribution < -0.4 is 4.74 Å². The Hall–Kier alpha value is -2.75. The molecule has 0 fully saturated rings. The number of benzene rings is 1. The molecule has 0 N–H and O–H groups in total. The number of ether oxygens (including phenoxy) is 1. The van der Waals surface area contributed by atoms with Gasteiger partial charge in [0.25, 0.3) is 0 Å². The molecule has 2 rings (SSSR count). The summed E-state index contributed by atoms with van der Waals surface area (Å²) in [5.74, 6) is -3.42. The molecule has 0 amide bonds. The lowest BCUT2D eigenvalue weighted by atomic mass is 9.95. The second-order valence-corrected chi connectivity index (χ2v) is 6.78. The molecule has 0 radical (unpaired) electrons. The van der Waals surface area contributed by atoms with E-state index in [4.69, 9.17) is 4.74 Å². The Labute approximate surface area is 164 Å². The summed E-state index contributed by atoms with van der Waals surface area (Å²) in [4.78, 5) is 0. The second-order valence-electron chi connectivity index (χ2n) is 6.78. The zero-order chi connectivity index (χ0) is 21.0. The van der Waals surface area contributed by atoms with Crippen LogP contribution in [0.15, 0.2) is 78.4 Å². The molecule has 0 unspecified atom stereocenters. The maximum Gasteiger partial charge on any atom is 0.201 e. The molecule has 1 aromatic rings.